The summed E-state index contributed by atoms with van der Waals surface area (Å²) in [6, 6.07) is 3.91. The van der Waals surface area contributed by atoms with Crippen LogP contribution in [0.1, 0.15) is 0 Å². The Morgan fingerprint density at radius 2 is 1.94 bits per heavy atom. The molecule has 0 aliphatic carbocycles. The fourth-order valence-electron chi connectivity index (χ4n) is 1.92. The third kappa shape index (κ3) is 1.13. The van der Waals surface area contributed by atoms with Crippen molar-refractivity contribution in [2.24, 2.45) is 0 Å². The van der Waals surface area contributed by atoms with E-state index in [1.807, 2.05) is 12.1 Å². The Morgan fingerprint density at radius 1 is 1.00 bits per heavy atom. The van der Waals surface area contributed by atoms with E-state index in [1.54, 1.807) is 24.8 Å². The van der Waals surface area contributed by atoms with E-state index < -0.39 is 0 Å². The number of fused-ring (bicyclic) bond motifs is 4. The summed E-state index contributed by atoms with van der Waals surface area (Å²) < 4.78 is 5.55. The normalized spacial score (nSPS) is 11.5. The van der Waals surface area contributed by atoms with Gasteiger partial charge in [0.15, 0.2) is 0 Å². The molecule has 0 aliphatic rings. The van der Waals surface area contributed by atoms with E-state index in [4.69, 9.17) is 4.42 Å². The van der Waals surface area contributed by atoms with Crippen LogP contribution in [0.5, 0.6) is 0 Å². The van der Waals surface area contributed by atoms with E-state index >= 15 is 0 Å². The lowest BCUT2D eigenvalue weighted by molar-refractivity contribution is 0.641. The average molecular weight is 222 g/mol. The predicted molar refractivity (Wildman–Crippen MR) is 62.4 cm³/mol. The molecule has 4 heterocycles. The highest BCUT2D eigenvalue weighted by atomic mass is 16.3. The molecule has 0 unspecified atom stereocenters. The zero-order chi connectivity index (χ0) is 11.2. The zero-order valence-electron chi connectivity index (χ0n) is 8.66. The van der Waals surface area contributed by atoms with Crippen molar-refractivity contribution in [3.8, 4) is 0 Å². The van der Waals surface area contributed by atoms with Gasteiger partial charge in [-0.15, -0.1) is 0 Å². The van der Waals surface area contributed by atoms with Crippen LogP contribution in [0.4, 0.5) is 0 Å². The molecule has 5 heteroatoms. The molecule has 4 aromatic heterocycles. The van der Waals surface area contributed by atoms with E-state index in [1.165, 1.54) is 0 Å². The predicted octanol–water partition coefficient (Wildman–Crippen LogP) is 2.32. The zero-order valence-corrected chi connectivity index (χ0v) is 8.66. The average Bonchev–Trinajstić information content (AvgIpc) is 2.73. The molecule has 17 heavy (non-hydrogen) atoms. The van der Waals surface area contributed by atoms with Crippen LogP contribution in [0.2, 0.25) is 0 Å². The summed E-state index contributed by atoms with van der Waals surface area (Å²) in [5.74, 6) is 0. The van der Waals surface area contributed by atoms with Crippen LogP contribution < -0.4 is 0 Å². The highest BCUT2D eigenvalue weighted by molar-refractivity contribution is 6.03. The van der Waals surface area contributed by atoms with Gasteiger partial charge in [-0.25, -0.2) is 15.0 Å². The van der Waals surface area contributed by atoms with Crippen molar-refractivity contribution in [2.75, 3.05) is 0 Å². The minimum Gasteiger partial charge on any atom is -0.418 e. The van der Waals surface area contributed by atoms with Gasteiger partial charge in [0, 0.05) is 24.0 Å². The van der Waals surface area contributed by atoms with Crippen molar-refractivity contribution in [2.45, 2.75) is 0 Å². The molecular formula is C12H6N4O. The first-order chi connectivity index (χ1) is 8.42. The Labute approximate surface area is 95.1 Å². The van der Waals surface area contributed by atoms with Crippen molar-refractivity contribution in [3.63, 3.8) is 0 Å². The topological polar surface area (TPSA) is 64.7 Å². The molecule has 5 nitrogen and oxygen atoms in total. The van der Waals surface area contributed by atoms with Gasteiger partial charge < -0.3 is 4.42 Å². The highest BCUT2D eigenvalue weighted by Gasteiger charge is 2.10. The first-order valence-corrected chi connectivity index (χ1v) is 5.16. The second kappa shape index (κ2) is 2.98. The molecule has 0 fully saturated rings. The second-order valence-electron chi connectivity index (χ2n) is 3.72. The lowest BCUT2D eigenvalue weighted by Gasteiger charge is -1.94. The van der Waals surface area contributed by atoms with E-state index in [0.29, 0.717) is 11.4 Å². The molecule has 0 radical (unpaired) electrons. The molecule has 0 amide bonds. The minimum atomic E-state index is 0.512. The van der Waals surface area contributed by atoms with Crippen molar-refractivity contribution >= 4 is 33.2 Å². The van der Waals surface area contributed by atoms with Crippen LogP contribution >= 0.6 is 0 Å². The van der Waals surface area contributed by atoms with E-state index in [0.717, 1.165) is 21.8 Å². The van der Waals surface area contributed by atoms with Gasteiger partial charge in [0.05, 0.1) is 17.1 Å². The molecule has 0 spiro atoms. The fraction of sp³-hybridized carbons (Fsp3) is 0. The Kier molecular flexibility index (Phi) is 1.50. The SMILES string of the molecule is c1cc2cc3c(nc2cn1)oc1nccnc13. The van der Waals surface area contributed by atoms with Crippen LogP contribution in [0.3, 0.4) is 0 Å². The van der Waals surface area contributed by atoms with E-state index in [2.05, 4.69) is 19.9 Å². The smallest absolute Gasteiger partial charge is 0.248 e. The Morgan fingerprint density at radius 3 is 2.94 bits per heavy atom. The monoisotopic (exact) mass is 222 g/mol. The lowest BCUT2D eigenvalue weighted by Crippen LogP contribution is -1.81. The fourth-order valence-corrected chi connectivity index (χ4v) is 1.92. The summed E-state index contributed by atoms with van der Waals surface area (Å²) >= 11 is 0. The van der Waals surface area contributed by atoms with Crippen molar-refractivity contribution in [1.29, 1.82) is 0 Å². The summed E-state index contributed by atoms with van der Waals surface area (Å²) in [7, 11) is 0. The molecule has 0 bridgehead atoms. The van der Waals surface area contributed by atoms with Gasteiger partial charge in [-0.1, -0.05) is 0 Å². The summed E-state index contributed by atoms with van der Waals surface area (Å²) in [5.41, 5.74) is 2.61. The summed E-state index contributed by atoms with van der Waals surface area (Å²) in [6.07, 6.45) is 6.70. The van der Waals surface area contributed by atoms with Crippen molar-refractivity contribution in [1.82, 2.24) is 19.9 Å². The van der Waals surface area contributed by atoms with Crippen LogP contribution in [0.25, 0.3) is 33.2 Å². The van der Waals surface area contributed by atoms with Crippen LogP contribution in [-0.4, -0.2) is 19.9 Å². The van der Waals surface area contributed by atoms with Crippen LogP contribution in [0, 0.1) is 0 Å². The highest BCUT2D eigenvalue weighted by Crippen LogP contribution is 2.26. The molecular weight excluding hydrogens is 216 g/mol. The standard InChI is InChI=1S/C12H6N4O/c1-2-13-6-9-7(1)5-8-10-12(15-4-3-14-10)17-11(8)16-9/h1-6H. The molecule has 0 saturated carbocycles. The molecule has 4 rings (SSSR count). The van der Waals surface area contributed by atoms with Crippen molar-refractivity contribution in [3.05, 3.63) is 36.9 Å². The summed E-state index contributed by atoms with van der Waals surface area (Å²) in [6.45, 7) is 0. The number of hydrogen-bond donors (Lipinski definition) is 0. The summed E-state index contributed by atoms with van der Waals surface area (Å²) in [5, 5.41) is 1.90. The molecule has 0 atom stereocenters. The lowest BCUT2D eigenvalue weighted by atomic mass is 10.2. The largest absolute Gasteiger partial charge is 0.418 e. The molecule has 0 N–H and O–H groups in total. The van der Waals surface area contributed by atoms with Crippen LogP contribution in [0.15, 0.2) is 41.3 Å². The third-order valence-electron chi connectivity index (χ3n) is 2.70. The van der Waals surface area contributed by atoms with Gasteiger partial charge in [0.2, 0.25) is 11.4 Å². The number of nitrogens with zero attached hydrogens (tertiary/aromatic N) is 4. The van der Waals surface area contributed by atoms with Gasteiger partial charge in [0.25, 0.3) is 0 Å². The quantitative estimate of drug-likeness (QED) is 0.456. The minimum absolute atomic E-state index is 0.512. The van der Waals surface area contributed by atoms with Gasteiger partial charge in [0.1, 0.15) is 5.52 Å². The Balaban J connectivity index is 2.28. The Bertz CT molecular complexity index is 847. The molecule has 0 aliphatic heterocycles. The Hall–Kier alpha value is -2.56. The summed E-state index contributed by atoms with van der Waals surface area (Å²) in [4.78, 5) is 16.8. The van der Waals surface area contributed by atoms with Gasteiger partial charge in [-0.05, 0) is 12.1 Å². The molecule has 0 saturated heterocycles. The molecule has 0 aromatic carbocycles. The number of hydrogen-bond acceptors (Lipinski definition) is 5. The van der Waals surface area contributed by atoms with Gasteiger partial charge in [-0.3, -0.25) is 4.98 Å². The number of aromatic nitrogens is 4. The maximum atomic E-state index is 5.55. The first kappa shape index (κ1) is 8.58. The maximum absolute atomic E-state index is 5.55. The van der Waals surface area contributed by atoms with Gasteiger partial charge >= 0.3 is 0 Å². The number of pyridine rings is 2. The van der Waals surface area contributed by atoms with E-state index in [9.17, 15) is 0 Å². The number of rotatable bonds is 0. The molecule has 4 aromatic rings. The molecule has 80 valence electrons. The van der Waals surface area contributed by atoms with Gasteiger partial charge in [-0.2, -0.15) is 0 Å². The maximum Gasteiger partial charge on any atom is 0.248 e. The van der Waals surface area contributed by atoms with Crippen molar-refractivity contribution < 1.29 is 4.42 Å². The number of furan rings is 1. The second-order valence-corrected chi connectivity index (χ2v) is 3.72. The first-order valence-electron chi connectivity index (χ1n) is 5.16. The van der Waals surface area contributed by atoms with E-state index in [-0.39, 0.29) is 0 Å². The van der Waals surface area contributed by atoms with Crippen LogP contribution in [-0.2, 0) is 0 Å². The third-order valence-corrected chi connectivity index (χ3v) is 2.70.